The van der Waals surface area contributed by atoms with E-state index in [0.29, 0.717) is 55.7 Å². The van der Waals surface area contributed by atoms with E-state index in [9.17, 15) is 26.3 Å². The summed E-state index contributed by atoms with van der Waals surface area (Å²) in [6.45, 7) is 1.13. The van der Waals surface area contributed by atoms with Gasteiger partial charge in [-0.3, -0.25) is 10.1 Å². The molecule has 0 spiro atoms. The van der Waals surface area contributed by atoms with E-state index in [-0.39, 0.29) is 23.4 Å². The van der Waals surface area contributed by atoms with Crippen LogP contribution in [0.2, 0.25) is 0 Å². The standard InChI is InChI=1S/C26H27ClF6N6/c27-9-2-1-3-18(17-6-7-19(28)22(30)21(17)29)24-36-25(38-37-24)35-23-14-4-5-15(23)13-39(12-14)16-8-10-34-20(11-16)26(31,32)33/h6-8,10-11,14-15,18,23H,1-5,9,12-13H2,(H2,35,36,37,38)/t14-,15+,18?,23?. The average molecular weight is 573 g/mol. The van der Waals surface area contributed by atoms with E-state index in [1.165, 1.54) is 12.3 Å². The van der Waals surface area contributed by atoms with Gasteiger partial charge in [0.05, 0.1) is 0 Å². The summed E-state index contributed by atoms with van der Waals surface area (Å²) in [5.74, 6) is -3.41. The first-order chi connectivity index (χ1) is 18.7. The molecule has 3 heterocycles. The number of piperidine rings is 1. The van der Waals surface area contributed by atoms with Gasteiger partial charge >= 0.3 is 6.18 Å². The Morgan fingerprint density at radius 1 is 1.05 bits per heavy atom. The molecule has 210 valence electrons. The number of nitrogens with one attached hydrogen (secondary N) is 2. The molecule has 4 atom stereocenters. The lowest BCUT2D eigenvalue weighted by Gasteiger charge is -2.39. The second-order valence-electron chi connectivity index (χ2n) is 10.1. The van der Waals surface area contributed by atoms with Gasteiger partial charge in [0.2, 0.25) is 5.95 Å². The molecule has 2 fully saturated rings. The Balaban J connectivity index is 1.31. The second-order valence-corrected chi connectivity index (χ2v) is 10.5. The molecule has 0 radical (unpaired) electrons. The van der Waals surface area contributed by atoms with E-state index >= 15 is 0 Å². The molecular weight excluding hydrogens is 546 g/mol. The first-order valence-electron chi connectivity index (χ1n) is 12.8. The quantitative estimate of drug-likeness (QED) is 0.132. The lowest BCUT2D eigenvalue weighted by atomic mass is 9.91. The van der Waals surface area contributed by atoms with Gasteiger partial charge in [-0.15, -0.1) is 16.7 Å². The van der Waals surface area contributed by atoms with Gasteiger partial charge in [0.25, 0.3) is 0 Å². The van der Waals surface area contributed by atoms with E-state index in [1.54, 1.807) is 6.07 Å². The predicted octanol–water partition coefficient (Wildman–Crippen LogP) is 6.50. The summed E-state index contributed by atoms with van der Waals surface area (Å²) < 4.78 is 81.7. The Morgan fingerprint density at radius 3 is 2.49 bits per heavy atom. The van der Waals surface area contributed by atoms with Gasteiger partial charge in [0, 0.05) is 48.4 Å². The summed E-state index contributed by atoms with van der Waals surface area (Å²) in [6, 6.07) is 4.78. The van der Waals surface area contributed by atoms with Crippen LogP contribution in [-0.2, 0) is 6.18 Å². The maximum absolute atomic E-state index is 14.7. The number of pyridine rings is 1. The molecule has 13 heteroatoms. The number of H-pyrrole nitrogens is 1. The molecule has 3 aromatic rings. The highest BCUT2D eigenvalue weighted by Gasteiger charge is 2.43. The first-order valence-corrected chi connectivity index (χ1v) is 13.4. The smallest absolute Gasteiger partial charge is 0.371 e. The van der Waals surface area contributed by atoms with Crippen molar-refractivity contribution in [2.75, 3.05) is 29.2 Å². The van der Waals surface area contributed by atoms with Crippen LogP contribution in [0.5, 0.6) is 0 Å². The average Bonchev–Trinajstić information content (AvgIpc) is 3.45. The summed E-state index contributed by atoms with van der Waals surface area (Å²) in [5.41, 5.74) is -0.449. The highest BCUT2D eigenvalue weighted by molar-refractivity contribution is 6.17. The Labute approximate surface area is 226 Å². The van der Waals surface area contributed by atoms with Crippen LogP contribution in [0.25, 0.3) is 0 Å². The molecule has 6 nitrogen and oxygen atoms in total. The zero-order valence-electron chi connectivity index (χ0n) is 20.8. The zero-order chi connectivity index (χ0) is 27.7. The SMILES string of the molecule is Fc1ccc(C(CCCCCl)c2nc(NC3[C@@H]4CC[C@H]3CN(c3ccnc(C(F)(F)F)c3)C4)n[nH]2)c(F)c1F. The number of benzene rings is 1. The Morgan fingerprint density at radius 2 is 1.79 bits per heavy atom. The van der Waals surface area contributed by atoms with Crippen molar-refractivity contribution in [1.82, 2.24) is 20.2 Å². The number of hydrogen-bond acceptors (Lipinski definition) is 5. The molecule has 2 aliphatic rings. The molecule has 1 saturated heterocycles. The third kappa shape index (κ3) is 5.80. The van der Waals surface area contributed by atoms with Gasteiger partial charge in [0.15, 0.2) is 17.5 Å². The largest absolute Gasteiger partial charge is 0.433 e. The normalized spacial score (nSPS) is 21.8. The molecule has 1 aliphatic carbocycles. The van der Waals surface area contributed by atoms with Crippen molar-refractivity contribution in [3.05, 3.63) is 65.0 Å². The van der Waals surface area contributed by atoms with Crippen molar-refractivity contribution in [3.8, 4) is 0 Å². The Bertz CT molecular complexity index is 1290. The summed E-state index contributed by atoms with van der Waals surface area (Å²) >= 11 is 5.79. The molecule has 39 heavy (non-hydrogen) atoms. The van der Waals surface area contributed by atoms with E-state index in [4.69, 9.17) is 11.6 Å². The number of hydrogen-bond donors (Lipinski definition) is 2. The minimum atomic E-state index is -4.51. The van der Waals surface area contributed by atoms with Crippen LogP contribution >= 0.6 is 11.6 Å². The maximum atomic E-state index is 14.7. The minimum Gasteiger partial charge on any atom is -0.371 e. The van der Waals surface area contributed by atoms with Crippen molar-refractivity contribution in [2.45, 2.75) is 50.2 Å². The minimum absolute atomic E-state index is 0.00326. The monoisotopic (exact) mass is 572 g/mol. The van der Waals surface area contributed by atoms with Gasteiger partial charge < -0.3 is 10.2 Å². The van der Waals surface area contributed by atoms with Gasteiger partial charge in [-0.05, 0) is 55.7 Å². The summed E-state index contributed by atoms with van der Waals surface area (Å²) in [4.78, 5) is 9.94. The fourth-order valence-electron chi connectivity index (χ4n) is 5.78. The first kappa shape index (κ1) is 27.5. The third-order valence-corrected chi connectivity index (χ3v) is 7.95. The number of nitrogens with zero attached hydrogens (tertiary/aromatic N) is 4. The molecule has 1 saturated carbocycles. The third-order valence-electron chi connectivity index (χ3n) is 7.68. The molecule has 2 bridgehead atoms. The van der Waals surface area contributed by atoms with Crippen LogP contribution in [-0.4, -0.2) is 45.2 Å². The van der Waals surface area contributed by atoms with Crippen molar-refractivity contribution in [3.63, 3.8) is 0 Å². The van der Waals surface area contributed by atoms with Gasteiger partial charge in [0.1, 0.15) is 11.5 Å². The molecule has 2 N–H and O–H groups in total. The lowest BCUT2D eigenvalue weighted by Crippen LogP contribution is -2.48. The molecule has 0 amide bonds. The van der Waals surface area contributed by atoms with E-state index < -0.39 is 35.2 Å². The zero-order valence-corrected chi connectivity index (χ0v) is 21.5. The molecular formula is C26H27ClF6N6. The fourth-order valence-corrected chi connectivity index (χ4v) is 5.97. The topological polar surface area (TPSA) is 69.7 Å². The van der Waals surface area contributed by atoms with E-state index in [1.807, 2.05) is 4.90 Å². The number of fused-ring (bicyclic) bond motifs is 2. The number of rotatable bonds is 9. The summed E-state index contributed by atoms with van der Waals surface area (Å²) in [6.07, 6.45) is 0.138. The van der Waals surface area contributed by atoms with Crippen molar-refractivity contribution in [1.29, 1.82) is 0 Å². The van der Waals surface area contributed by atoms with Crippen molar-refractivity contribution < 1.29 is 26.3 Å². The van der Waals surface area contributed by atoms with Gasteiger partial charge in [-0.25, -0.2) is 13.2 Å². The summed E-state index contributed by atoms with van der Waals surface area (Å²) in [5, 5.41) is 10.4. The summed E-state index contributed by atoms with van der Waals surface area (Å²) in [7, 11) is 0. The van der Waals surface area contributed by atoms with E-state index in [2.05, 4.69) is 25.5 Å². The highest BCUT2D eigenvalue weighted by atomic mass is 35.5. The highest BCUT2D eigenvalue weighted by Crippen LogP contribution is 2.41. The number of aromatic amines is 1. The van der Waals surface area contributed by atoms with Crippen LogP contribution in [0.4, 0.5) is 38.0 Å². The number of aromatic nitrogens is 4. The lowest BCUT2D eigenvalue weighted by molar-refractivity contribution is -0.141. The molecule has 1 aromatic carbocycles. The number of alkyl halides is 4. The van der Waals surface area contributed by atoms with Crippen LogP contribution < -0.4 is 10.2 Å². The number of halogens is 7. The Kier molecular flexibility index (Phi) is 7.93. The molecule has 2 aromatic heterocycles. The van der Waals surface area contributed by atoms with Crippen LogP contribution in [0.1, 0.15) is 55.1 Å². The van der Waals surface area contributed by atoms with Crippen molar-refractivity contribution >= 4 is 23.2 Å². The second kappa shape index (κ2) is 11.2. The van der Waals surface area contributed by atoms with Gasteiger partial charge in [-0.2, -0.15) is 18.2 Å². The van der Waals surface area contributed by atoms with Crippen molar-refractivity contribution in [2.24, 2.45) is 11.8 Å². The molecule has 1 aliphatic heterocycles. The number of unbranched alkanes of at least 4 members (excludes halogenated alkanes) is 1. The number of anilines is 2. The van der Waals surface area contributed by atoms with E-state index in [0.717, 1.165) is 25.0 Å². The fraction of sp³-hybridized carbons (Fsp3) is 0.500. The predicted molar refractivity (Wildman–Crippen MR) is 134 cm³/mol. The van der Waals surface area contributed by atoms with Crippen LogP contribution in [0, 0.1) is 29.3 Å². The molecule has 5 rings (SSSR count). The van der Waals surface area contributed by atoms with Crippen LogP contribution in [0.3, 0.4) is 0 Å². The van der Waals surface area contributed by atoms with Crippen LogP contribution in [0.15, 0.2) is 30.5 Å². The maximum Gasteiger partial charge on any atom is 0.433 e. The molecule has 2 unspecified atom stereocenters. The Hall–Kier alpha value is -3.02. The van der Waals surface area contributed by atoms with Gasteiger partial charge in [-0.1, -0.05) is 12.5 Å².